The predicted molar refractivity (Wildman–Crippen MR) is 82.3 cm³/mol. The molecule has 0 fully saturated rings. The number of hydrogen-bond acceptors (Lipinski definition) is 1. The fraction of sp³-hybridized carbons (Fsp3) is 0.500. The molecule has 18 heavy (non-hydrogen) atoms. The fourth-order valence-electron chi connectivity index (χ4n) is 2.31. The lowest BCUT2D eigenvalue weighted by Gasteiger charge is -2.28. The van der Waals surface area contributed by atoms with Gasteiger partial charge in [0, 0.05) is 0 Å². The molecule has 0 saturated heterocycles. The van der Waals surface area contributed by atoms with Crippen LogP contribution in [-0.2, 0) is 17.5 Å². The van der Waals surface area contributed by atoms with E-state index in [-0.39, 0.29) is 0 Å². The number of benzene rings is 1. The van der Waals surface area contributed by atoms with Crippen LogP contribution >= 0.6 is 0 Å². The Morgan fingerprint density at radius 2 is 1.72 bits per heavy atom. The van der Waals surface area contributed by atoms with Crippen molar-refractivity contribution in [2.75, 3.05) is 0 Å². The first-order valence-corrected chi connectivity index (χ1v) is 9.55. The molecule has 1 aromatic carbocycles. The third kappa shape index (κ3) is 4.11. The third-order valence-electron chi connectivity index (χ3n) is 3.85. The molecule has 0 aliphatic heterocycles. The second kappa shape index (κ2) is 7.55. The van der Waals surface area contributed by atoms with Crippen molar-refractivity contribution in [1.82, 2.24) is 0 Å². The topological polar surface area (TPSA) is 9.23 Å². The van der Waals surface area contributed by atoms with Crippen LogP contribution in [0.15, 0.2) is 36.9 Å². The summed E-state index contributed by atoms with van der Waals surface area (Å²) in [4.78, 5) is 0. The van der Waals surface area contributed by atoms with Crippen molar-refractivity contribution < 1.29 is 4.43 Å². The maximum absolute atomic E-state index is 6.31. The second-order valence-corrected chi connectivity index (χ2v) is 9.62. The molecule has 0 unspecified atom stereocenters. The van der Waals surface area contributed by atoms with Crippen LogP contribution in [0.5, 0.6) is 0 Å². The highest BCUT2D eigenvalue weighted by molar-refractivity contribution is 6.73. The minimum absolute atomic E-state index is 0.771. The third-order valence-corrected chi connectivity index (χ3v) is 8.47. The molecule has 0 radical (unpaired) electrons. The van der Waals surface area contributed by atoms with Gasteiger partial charge in [0.1, 0.15) is 0 Å². The number of hydrogen-bond donors (Lipinski definition) is 0. The van der Waals surface area contributed by atoms with Gasteiger partial charge in [-0.15, -0.1) is 6.58 Å². The molecule has 0 saturated carbocycles. The summed E-state index contributed by atoms with van der Waals surface area (Å²) in [5.74, 6) is 0. The van der Waals surface area contributed by atoms with Crippen LogP contribution in [0.1, 0.15) is 31.9 Å². The van der Waals surface area contributed by atoms with Crippen LogP contribution in [0.2, 0.25) is 18.1 Å². The maximum atomic E-state index is 6.31. The largest absolute Gasteiger partial charge is 0.413 e. The van der Waals surface area contributed by atoms with Gasteiger partial charge in [0.15, 0.2) is 8.32 Å². The van der Waals surface area contributed by atoms with E-state index in [1.165, 1.54) is 29.3 Å². The van der Waals surface area contributed by atoms with Crippen LogP contribution in [0, 0.1) is 0 Å². The van der Waals surface area contributed by atoms with Gasteiger partial charge in [0.05, 0.1) is 6.61 Å². The second-order valence-electron chi connectivity index (χ2n) is 4.85. The van der Waals surface area contributed by atoms with Gasteiger partial charge in [-0.25, -0.2) is 0 Å². The summed E-state index contributed by atoms with van der Waals surface area (Å²) in [5.41, 5.74) is 2.62. The van der Waals surface area contributed by atoms with E-state index >= 15 is 0 Å². The van der Waals surface area contributed by atoms with Crippen molar-refractivity contribution in [3.8, 4) is 0 Å². The highest BCUT2D eigenvalue weighted by Crippen LogP contribution is 2.23. The first-order chi connectivity index (χ1) is 8.69. The van der Waals surface area contributed by atoms with Gasteiger partial charge in [0.25, 0.3) is 0 Å². The lowest BCUT2D eigenvalue weighted by atomic mass is 10.1. The zero-order chi connectivity index (χ0) is 13.4. The van der Waals surface area contributed by atoms with Gasteiger partial charge in [-0.2, -0.15) is 0 Å². The highest BCUT2D eigenvalue weighted by Gasteiger charge is 2.28. The van der Waals surface area contributed by atoms with E-state index in [1.54, 1.807) is 0 Å². The molecule has 1 aromatic rings. The molecule has 1 rings (SSSR count). The van der Waals surface area contributed by atoms with E-state index in [1.807, 2.05) is 6.08 Å². The van der Waals surface area contributed by atoms with E-state index in [0.717, 1.165) is 13.0 Å². The van der Waals surface area contributed by atoms with Crippen molar-refractivity contribution in [2.45, 2.75) is 51.9 Å². The Balaban J connectivity index is 2.67. The quantitative estimate of drug-likeness (QED) is 0.476. The van der Waals surface area contributed by atoms with Crippen molar-refractivity contribution in [2.24, 2.45) is 0 Å². The molecular formula is C16H26OSi. The normalized spacial score (nSPS) is 11.5. The van der Waals surface area contributed by atoms with Crippen LogP contribution in [0.4, 0.5) is 0 Å². The number of rotatable bonds is 8. The summed E-state index contributed by atoms with van der Waals surface area (Å²) in [6, 6.07) is 12.3. The monoisotopic (exact) mass is 262 g/mol. The van der Waals surface area contributed by atoms with Crippen LogP contribution in [0.25, 0.3) is 0 Å². The molecule has 0 aromatic heterocycles. The van der Waals surface area contributed by atoms with Crippen molar-refractivity contribution in [1.29, 1.82) is 0 Å². The Morgan fingerprint density at radius 1 is 1.11 bits per heavy atom. The minimum Gasteiger partial charge on any atom is -0.413 e. The summed E-state index contributed by atoms with van der Waals surface area (Å²) in [6.07, 6.45) is 2.88. The Kier molecular flexibility index (Phi) is 6.37. The Morgan fingerprint density at radius 3 is 2.28 bits per heavy atom. The summed E-state index contributed by atoms with van der Waals surface area (Å²) in [5, 5.41) is 0. The average Bonchev–Trinajstić information content (AvgIpc) is 2.42. The molecule has 0 heterocycles. The van der Waals surface area contributed by atoms with Crippen LogP contribution < -0.4 is 0 Å². The van der Waals surface area contributed by atoms with E-state index in [9.17, 15) is 0 Å². The van der Waals surface area contributed by atoms with E-state index in [4.69, 9.17) is 4.43 Å². The van der Waals surface area contributed by atoms with Gasteiger partial charge < -0.3 is 4.43 Å². The Hall–Kier alpha value is -0.863. The molecule has 0 spiro atoms. The molecule has 1 nitrogen and oxygen atoms in total. The zero-order valence-corrected chi connectivity index (χ0v) is 13.0. The summed E-state index contributed by atoms with van der Waals surface area (Å²) in [6.45, 7) is 11.4. The molecule has 0 atom stereocenters. The molecule has 0 aliphatic carbocycles. The van der Waals surface area contributed by atoms with E-state index < -0.39 is 8.32 Å². The molecule has 0 bridgehead atoms. The molecule has 0 aliphatic rings. The number of allylic oxidation sites excluding steroid dienone is 1. The minimum atomic E-state index is -1.46. The average molecular weight is 262 g/mol. The summed E-state index contributed by atoms with van der Waals surface area (Å²) < 4.78 is 6.31. The van der Waals surface area contributed by atoms with Gasteiger partial charge in [0.2, 0.25) is 0 Å². The van der Waals surface area contributed by atoms with E-state index in [0.29, 0.717) is 0 Å². The molecule has 0 amide bonds. The standard InChI is InChI=1S/C16H26OSi/c1-5-10-15-11-9-12-16(13-15)14-17-18(6-2,7-3)8-4/h5,9,11-13H,1,6-8,10,14H2,2-4H3. The van der Waals surface area contributed by atoms with Gasteiger partial charge in [-0.1, -0.05) is 51.1 Å². The molecule has 0 N–H and O–H groups in total. The Labute approximate surface area is 113 Å². The van der Waals surface area contributed by atoms with Gasteiger partial charge in [-0.05, 0) is 35.7 Å². The summed E-state index contributed by atoms with van der Waals surface area (Å²) >= 11 is 0. The van der Waals surface area contributed by atoms with Crippen LogP contribution in [0.3, 0.4) is 0 Å². The SMILES string of the molecule is C=CCc1cccc(CO[Si](CC)(CC)CC)c1. The zero-order valence-electron chi connectivity index (χ0n) is 12.0. The molecule has 2 heteroatoms. The van der Waals surface area contributed by atoms with Crippen LogP contribution in [-0.4, -0.2) is 8.32 Å². The first-order valence-electron chi connectivity index (χ1n) is 7.02. The van der Waals surface area contributed by atoms with Gasteiger partial charge >= 0.3 is 0 Å². The molecular weight excluding hydrogens is 236 g/mol. The van der Waals surface area contributed by atoms with Gasteiger partial charge in [-0.3, -0.25) is 0 Å². The maximum Gasteiger partial charge on any atom is 0.192 e. The lowest BCUT2D eigenvalue weighted by molar-refractivity contribution is 0.287. The van der Waals surface area contributed by atoms with E-state index in [2.05, 4.69) is 51.6 Å². The van der Waals surface area contributed by atoms with Crippen molar-refractivity contribution >= 4 is 8.32 Å². The van der Waals surface area contributed by atoms with Crippen molar-refractivity contribution in [3.63, 3.8) is 0 Å². The first kappa shape index (κ1) is 15.2. The lowest BCUT2D eigenvalue weighted by Crippen LogP contribution is -2.35. The summed E-state index contributed by atoms with van der Waals surface area (Å²) in [7, 11) is -1.46. The predicted octanol–water partition coefficient (Wildman–Crippen LogP) is 4.94. The molecule has 100 valence electrons. The fourth-order valence-corrected chi connectivity index (χ4v) is 4.89. The van der Waals surface area contributed by atoms with Crippen molar-refractivity contribution in [3.05, 3.63) is 48.0 Å². The smallest absolute Gasteiger partial charge is 0.192 e. The highest BCUT2D eigenvalue weighted by atomic mass is 28.4. The Bertz CT molecular complexity index is 361.